The first-order chi connectivity index (χ1) is 9.69. The third kappa shape index (κ3) is 1.67. The monoisotopic (exact) mass is 273 g/mol. The Morgan fingerprint density at radius 3 is 3.10 bits per heavy atom. The zero-order chi connectivity index (χ0) is 14.2. The van der Waals surface area contributed by atoms with Crippen molar-refractivity contribution in [3.05, 3.63) is 36.4 Å². The van der Waals surface area contributed by atoms with Crippen LogP contribution in [0.25, 0.3) is 0 Å². The average Bonchev–Trinajstić information content (AvgIpc) is 3.07. The number of nitrogens with zero attached hydrogens (tertiary/aromatic N) is 4. The highest BCUT2D eigenvalue weighted by molar-refractivity contribution is 5.86. The van der Waals surface area contributed by atoms with Gasteiger partial charge >= 0.3 is 0 Å². The van der Waals surface area contributed by atoms with Crippen LogP contribution < -0.4 is 10.2 Å². The van der Waals surface area contributed by atoms with Gasteiger partial charge in [0.05, 0.1) is 12.7 Å². The number of quaternary nitrogens is 1. The van der Waals surface area contributed by atoms with E-state index in [4.69, 9.17) is 5.73 Å². The number of carbonyl (C=O) groups is 1. The molecule has 20 heavy (non-hydrogen) atoms. The van der Waals surface area contributed by atoms with Crippen LogP contribution in [0.5, 0.6) is 0 Å². The minimum Gasteiger partial charge on any atom is -0.368 e. The van der Waals surface area contributed by atoms with Crippen molar-refractivity contribution in [3.8, 4) is 0 Å². The Hall–Kier alpha value is -2.41. The lowest BCUT2D eigenvalue weighted by Crippen LogP contribution is -2.51. The molecule has 2 aliphatic heterocycles. The molecule has 0 bridgehead atoms. The van der Waals surface area contributed by atoms with Gasteiger partial charge in [-0.3, -0.25) is 9.89 Å². The number of aromatic amines is 1. The minimum absolute atomic E-state index is 0.410. The Balaban J connectivity index is 2.07. The summed E-state index contributed by atoms with van der Waals surface area (Å²) in [5.74, 6) is 0.507. The van der Waals surface area contributed by atoms with Crippen molar-refractivity contribution in [2.45, 2.75) is 19.4 Å². The van der Waals surface area contributed by atoms with E-state index in [0.29, 0.717) is 4.48 Å². The van der Waals surface area contributed by atoms with Gasteiger partial charge in [-0.1, -0.05) is 19.1 Å². The molecule has 0 spiro atoms. The van der Waals surface area contributed by atoms with Crippen molar-refractivity contribution in [1.29, 1.82) is 0 Å². The van der Waals surface area contributed by atoms with E-state index in [1.807, 2.05) is 24.7 Å². The number of carbonyl (C=O) groups excluding carboxylic acids is 1. The van der Waals surface area contributed by atoms with Crippen molar-refractivity contribution in [1.82, 2.24) is 19.7 Å². The number of fused-ring (bicyclic) bond motifs is 1. The largest absolute Gasteiger partial charge is 0.368 e. The summed E-state index contributed by atoms with van der Waals surface area (Å²) in [5.41, 5.74) is 6.43. The molecule has 3 N–H and O–H groups in total. The molecule has 3 heterocycles. The normalized spacial score (nSPS) is 27.6. The Labute approximate surface area is 116 Å². The van der Waals surface area contributed by atoms with E-state index >= 15 is 0 Å². The van der Waals surface area contributed by atoms with Gasteiger partial charge in [-0.05, 0) is 6.42 Å². The molecule has 1 aromatic heterocycles. The Morgan fingerprint density at radius 1 is 1.60 bits per heavy atom. The van der Waals surface area contributed by atoms with E-state index in [9.17, 15) is 4.79 Å². The number of amides is 1. The summed E-state index contributed by atoms with van der Waals surface area (Å²) in [6.07, 6.45) is 12.0. The van der Waals surface area contributed by atoms with Gasteiger partial charge in [-0.25, -0.2) is 0 Å². The van der Waals surface area contributed by atoms with Crippen molar-refractivity contribution in [2.24, 2.45) is 10.8 Å². The highest BCUT2D eigenvalue weighted by Crippen LogP contribution is 2.36. The van der Waals surface area contributed by atoms with Crippen molar-refractivity contribution in [3.63, 3.8) is 0 Å². The number of hydrogen-bond donors (Lipinski definition) is 2. The third-order valence-corrected chi connectivity index (χ3v) is 3.63. The van der Waals surface area contributed by atoms with Crippen LogP contribution in [0, 0.1) is 0 Å². The molecule has 1 amide bonds. The first-order valence-corrected chi connectivity index (χ1v) is 6.59. The number of allylic oxidation sites excluding steroid dienone is 2. The number of aromatic nitrogens is 2. The van der Waals surface area contributed by atoms with Crippen LogP contribution in [-0.4, -0.2) is 40.0 Å². The maximum Gasteiger partial charge on any atom is 0.246 e. The smallest absolute Gasteiger partial charge is 0.246 e. The van der Waals surface area contributed by atoms with Gasteiger partial charge in [0.2, 0.25) is 18.1 Å². The predicted octanol–water partition coefficient (Wildman–Crippen LogP) is 0.651. The van der Waals surface area contributed by atoms with Crippen LogP contribution in [0.4, 0.5) is 5.69 Å². The van der Waals surface area contributed by atoms with Crippen LogP contribution >= 0.6 is 0 Å². The summed E-state index contributed by atoms with van der Waals surface area (Å²) >= 11 is 0. The molecule has 0 aromatic carbocycles. The molecule has 0 saturated carbocycles. The van der Waals surface area contributed by atoms with Gasteiger partial charge in [-0.15, -0.1) is 5.10 Å². The van der Waals surface area contributed by atoms with Crippen molar-refractivity contribution >= 4 is 17.9 Å². The lowest BCUT2D eigenvalue weighted by Gasteiger charge is -2.33. The zero-order valence-corrected chi connectivity index (χ0v) is 11.2. The Morgan fingerprint density at radius 2 is 2.45 bits per heavy atom. The van der Waals surface area contributed by atoms with Gasteiger partial charge in [0, 0.05) is 6.08 Å². The summed E-state index contributed by atoms with van der Waals surface area (Å²) in [6, 6.07) is -0.532. The van der Waals surface area contributed by atoms with Crippen LogP contribution in [0.1, 0.15) is 13.3 Å². The molecule has 7 heteroatoms. The van der Waals surface area contributed by atoms with Crippen LogP contribution in [-0.2, 0) is 4.79 Å². The topological polar surface area (TPSA) is 87.4 Å². The van der Waals surface area contributed by atoms with Gasteiger partial charge in [0.25, 0.3) is 0 Å². The average molecular weight is 273 g/mol. The Bertz CT molecular complexity index is 602. The number of hydrogen-bond acceptors (Lipinski definition) is 4. The van der Waals surface area contributed by atoms with Gasteiger partial charge in [0.1, 0.15) is 6.20 Å². The number of H-pyrrole nitrogens is 1. The number of primary amides is 1. The fraction of sp³-hybridized carbons (Fsp3) is 0.308. The van der Waals surface area contributed by atoms with Crippen LogP contribution in [0.2, 0.25) is 0 Å². The molecule has 7 nitrogen and oxygen atoms in total. The van der Waals surface area contributed by atoms with Gasteiger partial charge in [0.15, 0.2) is 11.7 Å². The van der Waals surface area contributed by atoms with Gasteiger partial charge in [-0.2, -0.15) is 14.6 Å². The summed E-state index contributed by atoms with van der Waals surface area (Å²) in [4.78, 5) is 11.6. The van der Waals surface area contributed by atoms with Crippen LogP contribution in [0.3, 0.4) is 0 Å². The van der Waals surface area contributed by atoms with E-state index in [1.54, 1.807) is 17.3 Å². The molecule has 0 aliphatic carbocycles. The number of hydrazone groups is 1. The van der Waals surface area contributed by atoms with Gasteiger partial charge < -0.3 is 5.73 Å². The number of nitrogens with one attached hydrogen (secondary N) is 1. The molecule has 0 fully saturated rings. The van der Waals surface area contributed by atoms with E-state index < -0.39 is 11.9 Å². The summed E-state index contributed by atoms with van der Waals surface area (Å²) < 4.78 is 0.446. The first-order valence-electron chi connectivity index (χ1n) is 6.59. The highest BCUT2D eigenvalue weighted by atomic mass is 16.1. The predicted molar refractivity (Wildman–Crippen MR) is 76.1 cm³/mol. The van der Waals surface area contributed by atoms with E-state index in [2.05, 4.69) is 22.2 Å². The fourth-order valence-corrected chi connectivity index (χ4v) is 2.73. The molecular formula is C13H17N6O+. The number of nitrogens with two attached hydrogens (primary N) is 1. The maximum atomic E-state index is 11.6. The SMILES string of the molecule is CCC[N+]1(c2cn[nH]c2)C=NN2C1=CC=CC2C(N)=O. The number of rotatable bonds is 4. The molecular weight excluding hydrogens is 256 g/mol. The maximum absolute atomic E-state index is 11.6. The molecule has 2 unspecified atom stereocenters. The second-order valence-electron chi connectivity index (χ2n) is 4.88. The van der Waals surface area contributed by atoms with E-state index in [0.717, 1.165) is 24.5 Å². The van der Waals surface area contributed by atoms with Crippen molar-refractivity contribution in [2.75, 3.05) is 6.54 Å². The molecule has 104 valence electrons. The lowest BCUT2D eigenvalue weighted by atomic mass is 10.1. The fourth-order valence-electron chi connectivity index (χ4n) is 2.73. The molecule has 2 atom stereocenters. The van der Waals surface area contributed by atoms with Crippen molar-refractivity contribution < 1.29 is 4.79 Å². The standard InChI is InChI=1S/C13H16N6O/c1-2-6-19(10-7-15-16-8-10)9-17-18-11(13(14)20)4-3-5-12(18)19/h3-5,7-9,11H,2,6H2,1H3,(H2-,14,15,16,20)/p+1. The van der Waals surface area contributed by atoms with Crippen LogP contribution in [0.15, 0.2) is 41.5 Å². The van der Waals surface area contributed by atoms with E-state index in [1.165, 1.54) is 0 Å². The molecule has 0 radical (unpaired) electrons. The summed E-state index contributed by atoms with van der Waals surface area (Å²) in [6.45, 7) is 2.95. The van der Waals surface area contributed by atoms with E-state index in [-0.39, 0.29) is 0 Å². The second kappa shape index (κ2) is 4.61. The summed E-state index contributed by atoms with van der Waals surface area (Å²) in [7, 11) is 0. The lowest BCUT2D eigenvalue weighted by molar-refractivity contribution is -0.121. The molecule has 0 saturated heterocycles. The first kappa shape index (κ1) is 12.6. The summed E-state index contributed by atoms with van der Waals surface area (Å²) in [5, 5.41) is 13.0. The zero-order valence-electron chi connectivity index (χ0n) is 11.2. The Kier molecular flexibility index (Phi) is 2.90. The molecule has 2 aliphatic rings. The third-order valence-electron chi connectivity index (χ3n) is 3.63. The highest BCUT2D eigenvalue weighted by Gasteiger charge is 2.46. The molecule has 1 aromatic rings. The minimum atomic E-state index is -0.532. The quantitative estimate of drug-likeness (QED) is 0.790. The molecule has 3 rings (SSSR count). The second-order valence-corrected chi connectivity index (χ2v) is 4.88.